The molecule has 0 radical (unpaired) electrons. The summed E-state index contributed by atoms with van der Waals surface area (Å²) in [5, 5.41) is -1.02. The standard InChI is InChI=1S/C22H22BrF6NO4S2/c1-2-19(35(31,32)17-5-3-4-15(12-17)21(24,25)26)14-8-10-30(11-9-14)36(33,34)20-7-6-16(13-18(20)23)22(27,28)29/h3-7,12-14,19H,2,8-11H2,1H3. The SMILES string of the molecule is CCC(C1CCN(S(=O)(=O)c2ccc(C(F)(F)F)cc2Br)CC1)S(=O)(=O)c1cccc(C(F)(F)F)c1. The molecule has 0 bridgehead atoms. The highest BCUT2D eigenvalue weighted by molar-refractivity contribution is 9.10. The highest BCUT2D eigenvalue weighted by Gasteiger charge is 2.40. The molecule has 1 unspecified atom stereocenters. The molecule has 5 nitrogen and oxygen atoms in total. The van der Waals surface area contributed by atoms with E-state index in [1.54, 1.807) is 6.92 Å². The van der Waals surface area contributed by atoms with Gasteiger partial charge in [-0.3, -0.25) is 0 Å². The smallest absolute Gasteiger partial charge is 0.223 e. The van der Waals surface area contributed by atoms with Crippen LogP contribution in [0.5, 0.6) is 0 Å². The number of nitrogens with zero attached hydrogens (tertiary/aromatic N) is 1. The molecule has 14 heteroatoms. The maximum atomic E-state index is 13.2. The molecule has 1 aliphatic heterocycles. The minimum absolute atomic E-state index is 0.0882. The van der Waals surface area contributed by atoms with Crippen molar-refractivity contribution in [2.45, 2.75) is 53.6 Å². The van der Waals surface area contributed by atoms with Gasteiger partial charge in [0, 0.05) is 17.6 Å². The van der Waals surface area contributed by atoms with Gasteiger partial charge in [0.2, 0.25) is 10.0 Å². The molecule has 0 amide bonds. The van der Waals surface area contributed by atoms with Gasteiger partial charge < -0.3 is 0 Å². The molecule has 1 atom stereocenters. The number of benzene rings is 2. The third-order valence-corrected chi connectivity index (χ3v) is 11.5. The van der Waals surface area contributed by atoms with Crippen molar-refractivity contribution in [3.63, 3.8) is 0 Å². The zero-order valence-electron chi connectivity index (χ0n) is 18.8. The van der Waals surface area contributed by atoms with E-state index in [-0.39, 0.29) is 41.7 Å². The van der Waals surface area contributed by atoms with Gasteiger partial charge in [-0.25, -0.2) is 16.8 Å². The van der Waals surface area contributed by atoms with Crippen LogP contribution in [0.3, 0.4) is 0 Å². The largest absolute Gasteiger partial charge is 0.416 e. The van der Waals surface area contributed by atoms with E-state index in [0.717, 1.165) is 28.6 Å². The highest BCUT2D eigenvalue weighted by atomic mass is 79.9. The summed E-state index contributed by atoms with van der Waals surface area (Å²) in [7, 11) is -8.32. The fraction of sp³-hybridized carbons (Fsp3) is 0.455. The van der Waals surface area contributed by atoms with Crippen molar-refractivity contribution in [3.8, 4) is 0 Å². The molecule has 1 heterocycles. The molecule has 1 aliphatic rings. The lowest BCUT2D eigenvalue weighted by Gasteiger charge is -2.35. The number of alkyl halides is 6. The molecular weight excluding hydrogens is 600 g/mol. The Hall–Kier alpha value is -1.64. The van der Waals surface area contributed by atoms with Gasteiger partial charge in [0.1, 0.15) is 0 Å². The quantitative estimate of drug-likeness (QED) is 0.363. The first-order chi connectivity index (χ1) is 16.5. The van der Waals surface area contributed by atoms with Crippen molar-refractivity contribution in [1.82, 2.24) is 4.31 Å². The second-order valence-corrected chi connectivity index (χ2v) is 13.3. The lowest BCUT2D eigenvalue weighted by Crippen LogP contribution is -2.43. The molecule has 200 valence electrons. The van der Waals surface area contributed by atoms with Gasteiger partial charge in [0.15, 0.2) is 9.84 Å². The zero-order chi connectivity index (χ0) is 27.1. The Labute approximate surface area is 213 Å². The maximum Gasteiger partial charge on any atom is 0.416 e. The minimum Gasteiger partial charge on any atom is -0.223 e. The Balaban J connectivity index is 1.80. The number of sulfonamides is 1. The van der Waals surface area contributed by atoms with Crippen LogP contribution < -0.4 is 0 Å². The second-order valence-electron chi connectivity index (χ2n) is 8.40. The molecule has 2 aromatic rings. The summed E-state index contributed by atoms with van der Waals surface area (Å²) >= 11 is 2.89. The summed E-state index contributed by atoms with van der Waals surface area (Å²) in [6.45, 7) is 1.42. The van der Waals surface area contributed by atoms with Crippen LogP contribution in [0.4, 0.5) is 26.3 Å². The van der Waals surface area contributed by atoms with E-state index < -0.39 is 59.4 Å². The van der Waals surface area contributed by atoms with Gasteiger partial charge in [0.25, 0.3) is 0 Å². The Kier molecular flexibility index (Phi) is 8.24. The van der Waals surface area contributed by atoms with E-state index in [4.69, 9.17) is 0 Å². The number of piperidine rings is 1. The zero-order valence-corrected chi connectivity index (χ0v) is 22.0. The van der Waals surface area contributed by atoms with Gasteiger partial charge in [-0.05, 0) is 77.5 Å². The third-order valence-electron chi connectivity index (χ3n) is 6.19. The first-order valence-corrected chi connectivity index (χ1v) is 14.6. The van der Waals surface area contributed by atoms with E-state index in [0.29, 0.717) is 18.2 Å². The van der Waals surface area contributed by atoms with Gasteiger partial charge in [-0.2, -0.15) is 30.6 Å². The lowest BCUT2D eigenvalue weighted by atomic mass is 9.93. The van der Waals surface area contributed by atoms with Crippen LogP contribution >= 0.6 is 15.9 Å². The fourth-order valence-electron chi connectivity index (χ4n) is 4.34. The van der Waals surface area contributed by atoms with Crippen molar-refractivity contribution in [1.29, 1.82) is 0 Å². The summed E-state index contributed by atoms with van der Waals surface area (Å²) in [5.74, 6) is -0.517. The number of rotatable bonds is 6. The molecule has 0 spiro atoms. The molecule has 2 aromatic carbocycles. The van der Waals surface area contributed by atoms with Gasteiger partial charge >= 0.3 is 12.4 Å². The van der Waals surface area contributed by atoms with Crippen LogP contribution in [-0.2, 0) is 32.2 Å². The molecule has 0 saturated carbocycles. The van der Waals surface area contributed by atoms with Crippen molar-refractivity contribution in [3.05, 3.63) is 58.1 Å². The summed E-state index contributed by atoms with van der Waals surface area (Å²) in [5.41, 5.74) is -2.10. The van der Waals surface area contributed by atoms with Crippen LogP contribution in [0.25, 0.3) is 0 Å². The van der Waals surface area contributed by atoms with E-state index in [1.807, 2.05) is 0 Å². The Morgan fingerprint density at radius 2 is 1.47 bits per heavy atom. The number of hydrogen-bond acceptors (Lipinski definition) is 4. The summed E-state index contributed by atoms with van der Waals surface area (Å²) in [4.78, 5) is -0.800. The molecular formula is C22H22BrF6NO4S2. The number of hydrogen-bond donors (Lipinski definition) is 0. The van der Waals surface area contributed by atoms with E-state index in [9.17, 15) is 43.2 Å². The van der Waals surface area contributed by atoms with Gasteiger partial charge in [0.05, 0.1) is 26.2 Å². The molecule has 0 aromatic heterocycles. The molecule has 1 fully saturated rings. The molecule has 36 heavy (non-hydrogen) atoms. The normalized spacial score (nSPS) is 17.8. The first kappa shape index (κ1) is 28.9. The lowest BCUT2D eigenvalue weighted by molar-refractivity contribution is -0.138. The van der Waals surface area contributed by atoms with Gasteiger partial charge in [-0.15, -0.1) is 0 Å². The molecule has 0 N–H and O–H groups in total. The predicted molar refractivity (Wildman–Crippen MR) is 123 cm³/mol. The number of halogens is 7. The molecule has 3 rings (SSSR count). The second kappa shape index (κ2) is 10.3. The first-order valence-electron chi connectivity index (χ1n) is 10.8. The van der Waals surface area contributed by atoms with E-state index >= 15 is 0 Å². The Morgan fingerprint density at radius 1 is 0.917 bits per heavy atom. The van der Waals surface area contributed by atoms with Crippen LogP contribution in [0, 0.1) is 5.92 Å². The monoisotopic (exact) mass is 621 g/mol. The molecule has 1 saturated heterocycles. The maximum absolute atomic E-state index is 13.2. The highest BCUT2D eigenvalue weighted by Crippen LogP contribution is 2.38. The average Bonchev–Trinajstić information content (AvgIpc) is 2.78. The minimum atomic E-state index is -4.71. The van der Waals surface area contributed by atoms with Crippen molar-refractivity contribution < 1.29 is 43.2 Å². The summed E-state index contributed by atoms with van der Waals surface area (Å²) in [6, 6.07) is 5.71. The van der Waals surface area contributed by atoms with Crippen LogP contribution in [0.15, 0.2) is 56.7 Å². The Bertz CT molecular complexity index is 1320. The van der Waals surface area contributed by atoms with Crippen molar-refractivity contribution in [2.75, 3.05) is 13.1 Å². The summed E-state index contributed by atoms with van der Waals surface area (Å²) in [6.07, 6.45) is -9.01. The predicted octanol–water partition coefficient (Wildman–Crippen LogP) is 6.14. The van der Waals surface area contributed by atoms with Crippen LogP contribution in [0.2, 0.25) is 0 Å². The topological polar surface area (TPSA) is 71.5 Å². The summed E-state index contributed by atoms with van der Waals surface area (Å²) < 4.78 is 131. The van der Waals surface area contributed by atoms with Crippen LogP contribution in [0.1, 0.15) is 37.3 Å². The third kappa shape index (κ3) is 5.91. The average molecular weight is 622 g/mol. The van der Waals surface area contributed by atoms with Crippen LogP contribution in [-0.4, -0.2) is 39.5 Å². The van der Waals surface area contributed by atoms with E-state index in [1.165, 1.54) is 0 Å². The number of sulfone groups is 1. The fourth-order valence-corrected chi connectivity index (χ4v) is 8.98. The van der Waals surface area contributed by atoms with Crippen molar-refractivity contribution >= 4 is 35.8 Å². The Morgan fingerprint density at radius 3 is 1.97 bits per heavy atom. The van der Waals surface area contributed by atoms with Crippen molar-refractivity contribution in [2.24, 2.45) is 5.92 Å². The van der Waals surface area contributed by atoms with Gasteiger partial charge in [-0.1, -0.05) is 13.0 Å². The molecule has 0 aliphatic carbocycles. The van der Waals surface area contributed by atoms with E-state index in [2.05, 4.69) is 15.9 Å².